The Kier molecular flexibility index (Phi) is 5.70. The minimum atomic E-state index is -1.83. The van der Waals surface area contributed by atoms with Gasteiger partial charge in [-0.3, -0.25) is 28.8 Å². The number of phenolic OH excluding ortho intramolecular Hbond substituents is 4. The van der Waals surface area contributed by atoms with E-state index in [4.69, 9.17) is 18.9 Å². The van der Waals surface area contributed by atoms with Gasteiger partial charge in [0.1, 0.15) is 47.0 Å². The van der Waals surface area contributed by atoms with E-state index < -0.39 is 128 Å². The first-order valence-corrected chi connectivity index (χ1v) is 14.6. The van der Waals surface area contributed by atoms with Crippen LogP contribution in [0.25, 0.3) is 16.3 Å². The van der Waals surface area contributed by atoms with E-state index in [0.717, 1.165) is 12.1 Å². The van der Waals surface area contributed by atoms with Crippen LogP contribution in [0, 0.1) is 11.8 Å². The number of hydrogen-bond acceptors (Lipinski definition) is 14. The molecule has 0 saturated carbocycles. The highest BCUT2D eigenvalue weighted by Gasteiger charge is 2.59. The highest BCUT2D eigenvalue weighted by molar-refractivity contribution is 6.41. The maximum Gasteiger partial charge on any atom is 0.309 e. The van der Waals surface area contributed by atoms with E-state index in [1.165, 1.54) is 13.8 Å². The Hall–Kier alpha value is -5.08. The molecule has 4 heterocycles. The molecule has 8 unspecified atom stereocenters. The van der Waals surface area contributed by atoms with Crippen LogP contribution in [0.3, 0.4) is 0 Å². The average Bonchev–Trinajstić information content (AvgIpc) is 3.55. The molecule has 2 aromatic carbocycles. The summed E-state index contributed by atoms with van der Waals surface area (Å²) in [7, 11) is 0. The third-order valence-corrected chi connectivity index (χ3v) is 9.77. The van der Waals surface area contributed by atoms with Crippen LogP contribution in [-0.4, -0.2) is 79.9 Å². The largest absolute Gasteiger partial charge is 0.507 e. The van der Waals surface area contributed by atoms with Crippen molar-refractivity contribution in [1.82, 2.24) is 0 Å². The van der Waals surface area contributed by atoms with Crippen LogP contribution in [-0.2, 0) is 47.7 Å². The molecule has 0 radical (unpaired) electrons. The molecular formula is C32H24O14. The lowest BCUT2D eigenvalue weighted by Crippen LogP contribution is -2.54. The number of rotatable bonds is 1. The van der Waals surface area contributed by atoms with Crippen molar-refractivity contribution < 1.29 is 68.1 Å². The van der Waals surface area contributed by atoms with Gasteiger partial charge in [0.2, 0.25) is 0 Å². The van der Waals surface area contributed by atoms with Gasteiger partial charge in [0, 0.05) is 33.4 Å². The van der Waals surface area contributed by atoms with Crippen LogP contribution < -0.4 is 0 Å². The quantitative estimate of drug-likeness (QED) is 0.199. The summed E-state index contributed by atoms with van der Waals surface area (Å²) >= 11 is 0. The normalized spacial score (nSPS) is 33.2. The Bertz CT molecular complexity index is 1980. The van der Waals surface area contributed by atoms with Crippen LogP contribution in [0.5, 0.6) is 23.0 Å². The molecule has 6 aliphatic rings. The summed E-state index contributed by atoms with van der Waals surface area (Å²) in [6.45, 7) is 3.02. The number of carbonyl (C=O) groups excluding carboxylic acids is 6. The van der Waals surface area contributed by atoms with E-state index in [0.29, 0.717) is 0 Å². The second kappa shape index (κ2) is 9.23. The number of ketones is 4. The number of aromatic hydroxyl groups is 4. The molecule has 4 N–H and O–H groups in total. The number of allylic oxidation sites excluding steroid dienone is 2. The van der Waals surface area contributed by atoms with Crippen LogP contribution in [0.4, 0.5) is 0 Å². The van der Waals surface area contributed by atoms with E-state index >= 15 is 0 Å². The van der Waals surface area contributed by atoms with Crippen molar-refractivity contribution in [1.29, 1.82) is 0 Å². The van der Waals surface area contributed by atoms with Gasteiger partial charge in [-0.25, -0.2) is 0 Å². The van der Waals surface area contributed by atoms with E-state index in [9.17, 15) is 49.2 Å². The predicted octanol–water partition coefficient (Wildman–Crippen LogP) is 1.43. The fourth-order valence-corrected chi connectivity index (χ4v) is 7.88. The highest BCUT2D eigenvalue weighted by Crippen LogP contribution is 2.58. The number of hydrogen-bond donors (Lipinski definition) is 4. The molecule has 0 bridgehead atoms. The third-order valence-electron chi connectivity index (χ3n) is 9.77. The Labute approximate surface area is 257 Å². The zero-order valence-electron chi connectivity index (χ0n) is 24.1. The van der Waals surface area contributed by atoms with Crippen molar-refractivity contribution in [3.8, 4) is 23.0 Å². The minimum Gasteiger partial charge on any atom is -0.507 e. The summed E-state index contributed by atoms with van der Waals surface area (Å²) in [5, 5.41) is 44.4. The number of esters is 2. The maximum absolute atomic E-state index is 14.0. The first-order chi connectivity index (χ1) is 21.8. The summed E-state index contributed by atoms with van der Waals surface area (Å²) in [5.41, 5.74) is -1.36. The smallest absolute Gasteiger partial charge is 0.309 e. The van der Waals surface area contributed by atoms with Gasteiger partial charge in [-0.2, -0.15) is 0 Å². The summed E-state index contributed by atoms with van der Waals surface area (Å²) in [5.74, 6) is -11.3. The molecule has 8 rings (SSSR count). The second-order valence-electron chi connectivity index (χ2n) is 12.3. The Morgan fingerprint density at radius 1 is 0.652 bits per heavy atom. The standard InChI is InChI=1S/C32H24O14/c1-7-17-23(31-13(43-7)5-15(35)45-31)29(41)19-11(33)3-9(25(37)21(19)27(17)39)10-4-12(34)20-22(26(10)38)28(40)18-8(2)44-14-6-16(36)46-32(14)24(18)30(20)42/h3-4,7-8,13-14,19,21,31-32,34,38,40,42H,5-6H2,1-2H3. The Balaban J connectivity index is 1.27. The van der Waals surface area contributed by atoms with E-state index in [-0.39, 0.29) is 35.1 Å². The first kappa shape index (κ1) is 28.4. The van der Waals surface area contributed by atoms with Crippen molar-refractivity contribution in [3.63, 3.8) is 0 Å². The summed E-state index contributed by atoms with van der Waals surface area (Å²) in [6, 6.07) is 0.885. The fraction of sp³-hybridized carbons (Fsp3) is 0.375. The van der Waals surface area contributed by atoms with Gasteiger partial charge in [-0.05, 0) is 26.0 Å². The average molecular weight is 633 g/mol. The molecule has 0 spiro atoms. The van der Waals surface area contributed by atoms with Gasteiger partial charge in [0.25, 0.3) is 0 Å². The number of benzene rings is 2. The molecule has 2 saturated heterocycles. The fourth-order valence-electron chi connectivity index (χ4n) is 7.88. The van der Waals surface area contributed by atoms with Crippen LogP contribution in [0.2, 0.25) is 0 Å². The predicted molar refractivity (Wildman–Crippen MR) is 148 cm³/mol. The topological polar surface area (TPSA) is 220 Å². The molecule has 4 aliphatic heterocycles. The van der Waals surface area contributed by atoms with Crippen molar-refractivity contribution in [2.75, 3.05) is 0 Å². The molecule has 0 amide bonds. The van der Waals surface area contributed by atoms with E-state index in [2.05, 4.69) is 0 Å². The number of carbonyl (C=O) groups is 6. The van der Waals surface area contributed by atoms with Crippen molar-refractivity contribution in [2.45, 2.75) is 63.3 Å². The molecular weight excluding hydrogens is 608 g/mol. The second-order valence-corrected chi connectivity index (χ2v) is 12.3. The lowest BCUT2D eigenvalue weighted by molar-refractivity contribution is -0.148. The third kappa shape index (κ3) is 3.47. The maximum atomic E-state index is 14.0. The molecule has 236 valence electrons. The molecule has 0 aromatic heterocycles. The monoisotopic (exact) mass is 632 g/mol. The SMILES string of the molecule is CC1OC2CC(=O)OC2C2=C1C(=O)C1C(=O)C(c3cc(O)c4c(O)c5c(c(O)c4c3O)C(C)OC3CC(=O)OC53)=CC(=O)C1C2=O. The van der Waals surface area contributed by atoms with Gasteiger partial charge in [0.05, 0.1) is 35.8 Å². The lowest BCUT2D eigenvalue weighted by atomic mass is 9.63. The molecule has 14 heteroatoms. The van der Waals surface area contributed by atoms with E-state index in [1.54, 1.807) is 0 Å². The molecule has 2 fully saturated rings. The molecule has 2 aliphatic carbocycles. The zero-order valence-corrected chi connectivity index (χ0v) is 24.1. The Morgan fingerprint density at radius 2 is 1.24 bits per heavy atom. The summed E-state index contributed by atoms with van der Waals surface area (Å²) in [4.78, 5) is 79.1. The van der Waals surface area contributed by atoms with Crippen LogP contribution >= 0.6 is 0 Å². The molecule has 8 atom stereocenters. The van der Waals surface area contributed by atoms with Gasteiger partial charge >= 0.3 is 11.9 Å². The molecule has 2 aromatic rings. The highest BCUT2D eigenvalue weighted by atomic mass is 16.6. The number of fused-ring (bicyclic) bond motifs is 7. The van der Waals surface area contributed by atoms with Crippen molar-refractivity contribution in [3.05, 3.63) is 40.0 Å². The summed E-state index contributed by atoms with van der Waals surface area (Å²) < 4.78 is 22.2. The Morgan fingerprint density at radius 3 is 1.93 bits per heavy atom. The zero-order chi connectivity index (χ0) is 32.7. The molecule has 46 heavy (non-hydrogen) atoms. The van der Waals surface area contributed by atoms with E-state index in [1.807, 2.05) is 0 Å². The van der Waals surface area contributed by atoms with Gasteiger partial charge in [0.15, 0.2) is 35.3 Å². The first-order valence-electron chi connectivity index (χ1n) is 14.6. The van der Waals surface area contributed by atoms with Crippen molar-refractivity contribution in [2.24, 2.45) is 11.8 Å². The lowest BCUT2D eigenvalue weighted by Gasteiger charge is -2.40. The number of ether oxygens (including phenoxy) is 4. The number of Topliss-reactive ketones (excluding diaryl/α,β-unsaturated/α-hetero) is 3. The van der Waals surface area contributed by atoms with Crippen LogP contribution in [0.15, 0.2) is 23.3 Å². The minimum absolute atomic E-state index is 0.0116. The number of phenols is 4. The van der Waals surface area contributed by atoms with Crippen LogP contribution in [0.1, 0.15) is 55.6 Å². The molecule has 14 nitrogen and oxygen atoms in total. The summed E-state index contributed by atoms with van der Waals surface area (Å²) in [6.07, 6.45) is -5.27. The van der Waals surface area contributed by atoms with Gasteiger partial charge < -0.3 is 39.4 Å². The van der Waals surface area contributed by atoms with Crippen molar-refractivity contribution >= 4 is 51.4 Å². The van der Waals surface area contributed by atoms with Gasteiger partial charge in [-0.15, -0.1) is 0 Å². The van der Waals surface area contributed by atoms with Gasteiger partial charge in [-0.1, -0.05) is 0 Å².